The van der Waals surface area contributed by atoms with Crippen molar-refractivity contribution in [1.82, 2.24) is 9.78 Å². The number of halogens is 1. The molecule has 4 aromatic carbocycles. The third-order valence-corrected chi connectivity index (χ3v) is 7.53. The maximum atomic E-state index is 6.14. The molecule has 0 radical (unpaired) electrons. The van der Waals surface area contributed by atoms with E-state index in [1.165, 1.54) is 8.92 Å². The van der Waals surface area contributed by atoms with Crippen LogP contribution in [0.3, 0.4) is 0 Å². The van der Waals surface area contributed by atoms with E-state index < -0.39 is 0 Å². The molecule has 0 aliphatic heterocycles. The van der Waals surface area contributed by atoms with Crippen molar-refractivity contribution < 1.29 is 0 Å². The monoisotopic (exact) mass is 486 g/mol. The predicted octanol–water partition coefficient (Wildman–Crippen LogP) is 5.51. The third kappa shape index (κ3) is 4.22. The predicted molar refractivity (Wildman–Crippen MR) is 131 cm³/mol. The minimum absolute atomic E-state index is 0.0496. The second-order valence-corrected chi connectivity index (χ2v) is 9.77. The average Bonchev–Trinajstić information content (AvgIpc) is 3.21. The van der Waals surface area contributed by atoms with Crippen LogP contribution < -0.4 is 8.92 Å². The zero-order chi connectivity index (χ0) is 21.0. The van der Waals surface area contributed by atoms with E-state index in [1.54, 1.807) is 0 Å². The maximum absolute atomic E-state index is 6.14. The number of hydrogen-bond acceptors (Lipinski definition) is 1. The average molecular weight is 486 g/mol. The summed E-state index contributed by atoms with van der Waals surface area (Å²) in [6.45, 7) is 0. The van der Waals surface area contributed by atoms with Gasteiger partial charge in [0.2, 0.25) is 0 Å². The fraction of sp³-hybridized carbons (Fsp3) is 0. The van der Waals surface area contributed by atoms with Crippen molar-refractivity contribution in [2.45, 2.75) is 0 Å². The molecule has 1 heterocycles. The molecule has 150 valence electrons. The SMILES string of the molecule is Clc1ccc([Se]c2c(-c3ccccc3)nn(-c3ccccc3)c2-c2ccccc2)cc1. The Morgan fingerprint density at radius 2 is 1.16 bits per heavy atom. The number of hydrogen-bond donors (Lipinski definition) is 0. The summed E-state index contributed by atoms with van der Waals surface area (Å²) in [7, 11) is 0. The Labute approximate surface area is 193 Å². The van der Waals surface area contributed by atoms with Gasteiger partial charge in [0.05, 0.1) is 0 Å². The van der Waals surface area contributed by atoms with Gasteiger partial charge in [0.25, 0.3) is 0 Å². The molecular weight excluding hydrogens is 467 g/mol. The van der Waals surface area contributed by atoms with Gasteiger partial charge in [-0.3, -0.25) is 0 Å². The molecule has 0 bridgehead atoms. The molecule has 31 heavy (non-hydrogen) atoms. The van der Waals surface area contributed by atoms with E-state index in [1.807, 2.05) is 24.3 Å². The fourth-order valence-corrected chi connectivity index (χ4v) is 5.87. The summed E-state index contributed by atoms with van der Waals surface area (Å²) < 4.78 is 4.61. The van der Waals surface area contributed by atoms with Crippen LogP contribution in [0.5, 0.6) is 0 Å². The number of aromatic nitrogens is 2. The van der Waals surface area contributed by atoms with Crippen molar-refractivity contribution in [3.05, 3.63) is 120 Å². The second kappa shape index (κ2) is 8.95. The molecular formula is C27H19ClN2Se. The van der Waals surface area contributed by atoms with E-state index in [0.29, 0.717) is 0 Å². The van der Waals surface area contributed by atoms with Gasteiger partial charge in [-0.15, -0.1) is 0 Å². The standard InChI is InChI=1S/C27H19ClN2Se/c28-22-16-18-24(19-17-22)31-27-25(20-10-4-1-5-11-20)29-30(23-14-8-3-9-15-23)26(27)21-12-6-2-7-13-21/h1-19H. The normalized spacial score (nSPS) is 10.9. The molecule has 0 aliphatic carbocycles. The summed E-state index contributed by atoms with van der Waals surface area (Å²) in [5, 5.41) is 5.90. The first-order valence-electron chi connectivity index (χ1n) is 10.0. The molecule has 0 amide bonds. The van der Waals surface area contributed by atoms with Crippen molar-refractivity contribution >= 4 is 35.5 Å². The molecule has 5 rings (SSSR count). The van der Waals surface area contributed by atoms with Crippen LogP contribution in [0.25, 0.3) is 28.2 Å². The zero-order valence-corrected chi connectivity index (χ0v) is 19.1. The van der Waals surface area contributed by atoms with Crippen LogP contribution in [0.2, 0.25) is 5.02 Å². The Morgan fingerprint density at radius 1 is 0.613 bits per heavy atom. The summed E-state index contributed by atoms with van der Waals surface area (Å²) in [6.07, 6.45) is 0. The molecule has 4 heteroatoms. The molecule has 0 saturated carbocycles. The van der Waals surface area contributed by atoms with Gasteiger partial charge in [-0.05, 0) is 0 Å². The van der Waals surface area contributed by atoms with Crippen LogP contribution in [-0.4, -0.2) is 24.7 Å². The number of para-hydroxylation sites is 1. The van der Waals surface area contributed by atoms with Gasteiger partial charge in [-0.1, -0.05) is 0 Å². The molecule has 0 unspecified atom stereocenters. The van der Waals surface area contributed by atoms with Gasteiger partial charge in [0.1, 0.15) is 0 Å². The summed E-state index contributed by atoms with van der Waals surface area (Å²) in [5.74, 6) is 0. The first-order chi connectivity index (χ1) is 15.3. The summed E-state index contributed by atoms with van der Waals surface area (Å²) >= 11 is 6.19. The molecule has 0 spiro atoms. The van der Waals surface area contributed by atoms with Crippen LogP contribution in [0.4, 0.5) is 0 Å². The fourth-order valence-electron chi connectivity index (χ4n) is 3.51. The van der Waals surface area contributed by atoms with E-state index in [9.17, 15) is 0 Å². The first kappa shape index (κ1) is 19.8. The van der Waals surface area contributed by atoms with Gasteiger partial charge in [0.15, 0.2) is 0 Å². The molecule has 0 atom stereocenters. The van der Waals surface area contributed by atoms with Crippen LogP contribution in [0, 0.1) is 0 Å². The molecule has 1 aromatic heterocycles. The van der Waals surface area contributed by atoms with Crippen molar-refractivity contribution in [3.63, 3.8) is 0 Å². The minimum atomic E-state index is 0.0496. The van der Waals surface area contributed by atoms with Gasteiger partial charge < -0.3 is 0 Å². The summed E-state index contributed by atoms with van der Waals surface area (Å²) in [6, 6.07) is 39.5. The number of benzene rings is 4. The Balaban J connectivity index is 1.78. The number of rotatable bonds is 5. The molecule has 0 fully saturated rings. The van der Waals surface area contributed by atoms with Gasteiger partial charge in [-0.2, -0.15) is 0 Å². The summed E-state index contributed by atoms with van der Waals surface area (Å²) in [5.41, 5.74) is 5.50. The Bertz CT molecular complexity index is 1280. The Hall–Kier alpha value is -3.10. The Morgan fingerprint density at radius 3 is 1.77 bits per heavy atom. The van der Waals surface area contributed by atoms with Crippen molar-refractivity contribution in [1.29, 1.82) is 0 Å². The van der Waals surface area contributed by atoms with Crippen LogP contribution in [-0.2, 0) is 0 Å². The summed E-state index contributed by atoms with van der Waals surface area (Å²) in [4.78, 5) is 0. The van der Waals surface area contributed by atoms with Gasteiger partial charge >= 0.3 is 194 Å². The van der Waals surface area contributed by atoms with Crippen molar-refractivity contribution in [2.24, 2.45) is 0 Å². The van der Waals surface area contributed by atoms with Gasteiger partial charge in [0, 0.05) is 0 Å². The third-order valence-electron chi connectivity index (χ3n) is 4.97. The molecule has 0 saturated heterocycles. The molecule has 0 aliphatic rings. The quantitative estimate of drug-likeness (QED) is 0.300. The van der Waals surface area contributed by atoms with E-state index in [2.05, 4.69) is 95.7 Å². The molecule has 5 aromatic rings. The first-order valence-corrected chi connectivity index (χ1v) is 12.1. The van der Waals surface area contributed by atoms with E-state index in [-0.39, 0.29) is 15.0 Å². The van der Waals surface area contributed by atoms with Crippen LogP contribution >= 0.6 is 11.6 Å². The number of nitrogens with zero attached hydrogens (tertiary/aromatic N) is 2. The van der Waals surface area contributed by atoms with Crippen LogP contribution in [0.15, 0.2) is 115 Å². The van der Waals surface area contributed by atoms with E-state index in [4.69, 9.17) is 16.7 Å². The van der Waals surface area contributed by atoms with E-state index >= 15 is 0 Å². The molecule has 0 N–H and O–H groups in total. The molecule has 2 nitrogen and oxygen atoms in total. The zero-order valence-electron chi connectivity index (χ0n) is 16.7. The van der Waals surface area contributed by atoms with Crippen molar-refractivity contribution in [2.75, 3.05) is 0 Å². The van der Waals surface area contributed by atoms with Crippen LogP contribution in [0.1, 0.15) is 0 Å². The van der Waals surface area contributed by atoms with Gasteiger partial charge in [-0.25, -0.2) is 0 Å². The van der Waals surface area contributed by atoms with E-state index in [0.717, 1.165) is 33.2 Å². The topological polar surface area (TPSA) is 17.8 Å². The second-order valence-electron chi connectivity index (χ2n) is 7.06. The Kier molecular flexibility index (Phi) is 5.73. The van der Waals surface area contributed by atoms with Crippen molar-refractivity contribution in [3.8, 4) is 28.2 Å².